The summed E-state index contributed by atoms with van der Waals surface area (Å²) in [5.74, 6) is -0.489. The van der Waals surface area contributed by atoms with Crippen LogP contribution >= 0.6 is 11.6 Å². The summed E-state index contributed by atoms with van der Waals surface area (Å²) in [5, 5.41) is 10.1. The van der Waals surface area contributed by atoms with Crippen molar-refractivity contribution >= 4 is 34.4 Å². The zero-order valence-electron chi connectivity index (χ0n) is 19.8. The number of hydrogen-bond acceptors (Lipinski definition) is 6. The molecule has 184 valence electrons. The van der Waals surface area contributed by atoms with E-state index in [2.05, 4.69) is 34.1 Å². The highest BCUT2D eigenvalue weighted by molar-refractivity contribution is 6.31. The van der Waals surface area contributed by atoms with E-state index in [-0.39, 0.29) is 11.3 Å². The second-order valence-electron chi connectivity index (χ2n) is 8.85. The van der Waals surface area contributed by atoms with Crippen LogP contribution < -0.4 is 15.2 Å². The molecule has 0 amide bonds. The van der Waals surface area contributed by atoms with Crippen molar-refractivity contribution in [1.29, 1.82) is 0 Å². The number of aliphatic carboxylic acids is 1. The number of rotatable bonds is 6. The molecule has 1 N–H and O–H groups in total. The van der Waals surface area contributed by atoms with Crippen LogP contribution in [0.1, 0.15) is 22.4 Å². The molecular formula is C27H25ClN4O4. The molecule has 0 atom stereocenters. The van der Waals surface area contributed by atoms with Crippen LogP contribution in [0.15, 0.2) is 59.5 Å². The number of carboxylic acids is 1. The van der Waals surface area contributed by atoms with Crippen LogP contribution in [-0.4, -0.2) is 45.3 Å². The molecular weight excluding hydrogens is 480 g/mol. The fourth-order valence-electron chi connectivity index (χ4n) is 4.59. The zero-order valence-corrected chi connectivity index (χ0v) is 20.5. The lowest BCUT2D eigenvalue weighted by atomic mass is 10.0. The van der Waals surface area contributed by atoms with E-state index in [1.807, 2.05) is 18.2 Å². The molecule has 2 aromatic heterocycles. The molecule has 36 heavy (non-hydrogen) atoms. The Morgan fingerprint density at radius 2 is 1.83 bits per heavy atom. The summed E-state index contributed by atoms with van der Waals surface area (Å²) in [6.45, 7) is 1.09. The highest BCUT2D eigenvalue weighted by Crippen LogP contribution is 2.25. The number of fused-ring (bicyclic) bond motifs is 2. The Labute approximate surface area is 212 Å². The molecule has 0 fully saturated rings. The number of aromatic nitrogens is 3. The molecule has 0 aliphatic carbocycles. The van der Waals surface area contributed by atoms with E-state index in [0.717, 1.165) is 42.6 Å². The summed E-state index contributed by atoms with van der Waals surface area (Å²) in [4.78, 5) is 34.9. The fraction of sp³-hybridized carbons (Fsp3) is 0.259. The van der Waals surface area contributed by atoms with Gasteiger partial charge in [-0.1, -0.05) is 41.9 Å². The minimum Gasteiger partial charge on any atom is -0.479 e. The Morgan fingerprint density at radius 1 is 1.11 bits per heavy atom. The number of nitrogens with zero attached hydrogens (tertiary/aromatic N) is 4. The molecule has 4 aromatic rings. The van der Waals surface area contributed by atoms with E-state index in [1.54, 1.807) is 19.3 Å². The van der Waals surface area contributed by atoms with Crippen molar-refractivity contribution in [3.05, 3.63) is 92.5 Å². The van der Waals surface area contributed by atoms with E-state index in [9.17, 15) is 9.59 Å². The van der Waals surface area contributed by atoms with Gasteiger partial charge in [0, 0.05) is 31.9 Å². The minimum atomic E-state index is -1.15. The van der Waals surface area contributed by atoms with Gasteiger partial charge in [-0.3, -0.25) is 4.79 Å². The SMILES string of the molecule is Cn1c(=O)c(OCC(=O)O)cc2cc(Cc3nc(N4CCc5ccccc5CC4)ncc3Cl)ccc21. The van der Waals surface area contributed by atoms with Gasteiger partial charge >= 0.3 is 5.97 Å². The van der Waals surface area contributed by atoms with Crippen LogP contribution in [0, 0.1) is 0 Å². The molecule has 1 aliphatic rings. The highest BCUT2D eigenvalue weighted by atomic mass is 35.5. The molecule has 5 rings (SSSR count). The standard InChI is InChI=1S/C27H25ClN4O4/c1-31-23-7-6-17(12-20(23)14-24(26(31)35)36-16-25(33)34)13-22-21(28)15-29-27(30-22)32-10-8-18-4-2-3-5-19(18)9-11-32/h2-7,12,14-15H,8-11,13,16H2,1H3,(H,33,34). The second-order valence-corrected chi connectivity index (χ2v) is 9.25. The van der Waals surface area contributed by atoms with Gasteiger partial charge in [0.25, 0.3) is 5.56 Å². The third-order valence-electron chi connectivity index (χ3n) is 6.49. The van der Waals surface area contributed by atoms with Crippen molar-refractivity contribution in [2.45, 2.75) is 19.3 Å². The van der Waals surface area contributed by atoms with E-state index in [4.69, 9.17) is 26.4 Å². The second kappa shape index (κ2) is 9.99. The lowest BCUT2D eigenvalue weighted by molar-refractivity contribution is -0.139. The molecule has 9 heteroatoms. The van der Waals surface area contributed by atoms with Crippen molar-refractivity contribution < 1.29 is 14.6 Å². The Morgan fingerprint density at radius 3 is 2.53 bits per heavy atom. The van der Waals surface area contributed by atoms with Crippen molar-refractivity contribution in [3.8, 4) is 5.75 Å². The van der Waals surface area contributed by atoms with Crippen LogP contribution in [0.2, 0.25) is 5.02 Å². The van der Waals surface area contributed by atoms with Crippen LogP contribution in [0.25, 0.3) is 10.9 Å². The number of pyridine rings is 1. The predicted octanol–water partition coefficient (Wildman–Crippen LogP) is 3.64. The molecule has 3 heterocycles. The quantitative estimate of drug-likeness (QED) is 0.428. The Hall–Kier alpha value is -3.91. The number of hydrogen-bond donors (Lipinski definition) is 1. The fourth-order valence-corrected chi connectivity index (χ4v) is 4.74. The van der Waals surface area contributed by atoms with Crippen molar-refractivity contribution in [1.82, 2.24) is 14.5 Å². The average Bonchev–Trinajstić information content (AvgIpc) is 3.09. The van der Waals surface area contributed by atoms with E-state index >= 15 is 0 Å². The van der Waals surface area contributed by atoms with E-state index in [0.29, 0.717) is 22.9 Å². The highest BCUT2D eigenvalue weighted by Gasteiger charge is 2.18. The number of halogens is 1. The molecule has 0 saturated heterocycles. The summed E-state index contributed by atoms with van der Waals surface area (Å²) in [5.41, 5.74) is 4.72. The molecule has 1 aliphatic heterocycles. The summed E-state index contributed by atoms with van der Waals surface area (Å²) in [7, 11) is 1.63. The van der Waals surface area contributed by atoms with Gasteiger partial charge in [0.1, 0.15) is 0 Å². The first kappa shape index (κ1) is 23.8. The maximum Gasteiger partial charge on any atom is 0.341 e. The third-order valence-corrected chi connectivity index (χ3v) is 6.80. The first-order valence-electron chi connectivity index (χ1n) is 11.7. The van der Waals surface area contributed by atoms with Crippen LogP contribution in [-0.2, 0) is 31.1 Å². The van der Waals surface area contributed by atoms with Crippen LogP contribution in [0.3, 0.4) is 0 Å². The van der Waals surface area contributed by atoms with Crippen LogP contribution in [0.4, 0.5) is 5.95 Å². The number of ether oxygens (including phenoxy) is 1. The molecule has 0 radical (unpaired) electrons. The monoisotopic (exact) mass is 504 g/mol. The summed E-state index contributed by atoms with van der Waals surface area (Å²) in [6.07, 6.45) is 4.01. The van der Waals surface area contributed by atoms with E-state index < -0.39 is 12.6 Å². The van der Waals surface area contributed by atoms with Gasteiger partial charge in [-0.25, -0.2) is 14.8 Å². The Kier molecular flexibility index (Phi) is 6.61. The number of aryl methyl sites for hydroxylation is 1. The molecule has 0 saturated carbocycles. The average molecular weight is 505 g/mol. The molecule has 2 aromatic carbocycles. The summed E-state index contributed by atoms with van der Waals surface area (Å²) in [6, 6.07) is 15.8. The Bertz CT molecular complexity index is 1490. The number of benzene rings is 2. The van der Waals surface area contributed by atoms with Crippen LogP contribution in [0.5, 0.6) is 5.75 Å². The smallest absolute Gasteiger partial charge is 0.341 e. The molecule has 8 nitrogen and oxygen atoms in total. The predicted molar refractivity (Wildman–Crippen MR) is 138 cm³/mol. The maximum atomic E-state index is 12.5. The van der Waals surface area contributed by atoms with Gasteiger partial charge in [0.2, 0.25) is 5.95 Å². The number of carbonyl (C=O) groups is 1. The lowest BCUT2D eigenvalue weighted by Gasteiger charge is -2.21. The van der Waals surface area contributed by atoms with Gasteiger partial charge in [0.05, 0.1) is 22.4 Å². The van der Waals surface area contributed by atoms with Gasteiger partial charge in [-0.2, -0.15) is 0 Å². The third kappa shape index (κ3) is 4.90. The number of carboxylic acid groups (broad SMARTS) is 1. The van der Waals surface area contributed by atoms with Crippen molar-refractivity contribution in [2.75, 3.05) is 24.6 Å². The lowest BCUT2D eigenvalue weighted by Crippen LogP contribution is -2.28. The van der Waals surface area contributed by atoms with Gasteiger partial charge in [0.15, 0.2) is 12.4 Å². The Balaban J connectivity index is 1.41. The minimum absolute atomic E-state index is 0.00550. The summed E-state index contributed by atoms with van der Waals surface area (Å²) < 4.78 is 6.65. The largest absolute Gasteiger partial charge is 0.479 e. The van der Waals surface area contributed by atoms with Gasteiger partial charge < -0.3 is 19.3 Å². The summed E-state index contributed by atoms with van der Waals surface area (Å²) >= 11 is 6.49. The topological polar surface area (TPSA) is 97.5 Å². The van der Waals surface area contributed by atoms with Gasteiger partial charge in [-0.05, 0) is 47.7 Å². The first-order chi connectivity index (χ1) is 17.4. The first-order valence-corrected chi connectivity index (χ1v) is 12.1. The molecule has 0 spiro atoms. The van der Waals surface area contributed by atoms with Crippen molar-refractivity contribution in [2.24, 2.45) is 7.05 Å². The number of anilines is 1. The maximum absolute atomic E-state index is 12.5. The van der Waals surface area contributed by atoms with Crippen molar-refractivity contribution in [3.63, 3.8) is 0 Å². The molecule has 0 bridgehead atoms. The zero-order chi connectivity index (χ0) is 25.2. The molecule has 0 unspecified atom stereocenters. The normalized spacial score (nSPS) is 13.3. The van der Waals surface area contributed by atoms with E-state index in [1.165, 1.54) is 15.7 Å². The van der Waals surface area contributed by atoms with Gasteiger partial charge in [-0.15, -0.1) is 0 Å².